The molecule has 0 aliphatic carbocycles. The zero-order valence-electron chi connectivity index (χ0n) is 13.4. The van der Waals surface area contributed by atoms with E-state index in [0.29, 0.717) is 19.5 Å². The monoisotopic (exact) mass is 283 g/mol. The third-order valence-corrected chi connectivity index (χ3v) is 3.99. The van der Waals surface area contributed by atoms with E-state index in [1.807, 2.05) is 23.9 Å². The first kappa shape index (κ1) is 17.0. The molecule has 1 rings (SSSR count). The first-order valence-electron chi connectivity index (χ1n) is 7.58. The number of carbonyl (C=O) groups excluding carboxylic acids is 2. The molecule has 1 heterocycles. The van der Waals surface area contributed by atoms with Crippen LogP contribution in [0.25, 0.3) is 0 Å². The zero-order chi connectivity index (χ0) is 15.1. The number of amides is 2. The molecule has 1 fully saturated rings. The summed E-state index contributed by atoms with van der Waals surface area (Å²) in [4.78, 5) is 29.5. The fraction of sp³-hybridized carbons (Fsp3) is 0.867. The van der Waals surface area contributed by atoms with E-state index in [4.69, 9.17) is 0 Å². The average molecular weight is 283 g/mol. The Kier molecular flexibility index (Phi) is 6.99. The molecule has 5 nitrogen and oxygen atoms in total. The van der Waals surface area contributed by atoms with E-state index >= 15 is 0 Å². The van der Waals surface area contributed by atoms with Crippen molar-refractivity contribution in [2.45, 2.75) is 33.1 Å². The molecule has 116 valence electrons. The second-order valence-electron chi connectivity index (χ2n) is 6.12. The quantitative estimate of drug-likeness (QED) is 0.732. The average Bonchev–Trinajstić information content (AvgIpc) is 2.38. The second-order valence-corrected chi connectivity index (χ2v) is 6.12. The van der Waals surface area contributed by atoms with Gasteiger partial charge >= 0.3 is 0 Å². The number of rotatable bonds is 6. The van der Waals surface area contributed by atoms with Crippen LogP contribution in [-0.2, 0) is 9.59 Å². The molecule has 0 spiro atoms. The van der Waals surface area contributed by atoms with Crippen molar-refractivity contribution in [3.05, 3.63) is 0 Å². The summed E-state index contributed by atoms with van der Waals surface area (Å²) in [6, 6.07) is 0. The molecule has 0 saturated carbocycles. The Morgan fingerprint density at radius 2 is 1.70 bits per heavy atom. The molecule has 2 amide bonds. The van der Waals surface area contributed by atoms with E-state index < -0.39 is 0 Å². The van der Waals surface area contributed by atoms with Crippen LogP contribution >= 0.6 is 0 Å². The second kappa shape index (κ2) is 8.25. The van der Waals surface area contributed by atoms with Crippen LogP contribution in [0, 0.1) is 5.92 Å². The maximum Gasteiger partial charge on any atom is 0.224 e. The van der Waals surface area contributed by atoms with Gasteiger partial charge in [0, 0.05) is 46.1 Å². The fourth-order valence-electron chi connectivity index (χ4n) is 2.39. The summed E-state index contributed by atoms with van der Waals surface area (Å²) in [5.41, 5.74) is 0. The SMILES string of the molecule is CC(=O)N(CCC(=O)N1CCC(C)CC1)CCN(C)C. The van der Waals surface area contributed by atoms with Gasteiger partial charge in [0.25, 0.3) is 0 Å². The van der Waals surface area contributed by atoms with Gasteiger partial charge in [0.15, 0.2) is 0 Å². The first-order valence-corrected chi connectivity index (χ1v) is 7.58. The van der Waals surface area contributed by atoms with E-state index in [1.165, 1.54) is 0 Å². The lowest BCUT2D eigenvalue weighted by Gasteiger charge is -2.31. The summed E-state index contributed by atoms with van der Waals surface area (Å²) in [5.74, 6) is 0.966. The highest BCUT2D eigenvalue weighted by Gasteiger charge is 2.21. The van der Waals surface area contributed by atoms with E-state index in [9.17, 15) is 9.59 Å². The molecule has 0 unspecified atom stereocenters. The van der Waals surface area contributed by atoms with E-state index in [2.05, 4.69) is 6.92 Å². The largest absolute Gasteiger partial charge is 0.343 e. The molecular formula is C15H29N3O2. The molecule has 1 aliphatic heterocycles. The summed E-state index contributed by atoms with van der Waals surface area (Å²) >= 11 is 0. The Morgan fingerprint density at radius 1 is 1.10 bits per heavy atom. The van der Waals surface area contributed by atoms with Gasteiger partial charge in [-0.05, 0) is 32.9 Å². The number of carbonyl (C=O) groups is 2. The van der Waals surface area contributed by atoms with Gasteiger partial charge in [0.2, 0.25) is 11.8 Å². The zero-order valence-corrected chi connectivity index (χ0v) is 13.4. The summed E-state index contributed by atoms with van der Waals surface area (Å²) in [7, 11) is 3.97. The van der Waals surface area contributed by atoms with Crippen molar-refractivity contribution in [1.29, 1.82) is 0 Å². The van der Waals surface area contributed by atoms with Gasteiger partial charge in [0.1, 0.15) is 0 Å². The van der Waals surface area contributed by atoms with Gasteiger partial charge in [-0.15, -0.1) is 0 Å². The highest BCUT2D eigenvalue weighted by atomic mass is 16.2. The van der Waals surface area contributed by atoms with Gasteiger partial charge < -0.3 is 14.7 Å². The predicted octanol–water partition coefficient (Wildman–Crippen LogP) is 1.05. The molecule has 0 aromatic heterocycles. The molecule has 1 aliphatic rings. The van der Waals surface area contributed by atoms with Crippen LogP contribution in [0.1, 0.15) is 33.1 Å². The predicted molar refractivity (Wildman–Crippen MR) is 80.4 cm³/mol. The van der Waals surface area contributed by atoms with Gasteiger partial charge in [-0.25, -0.2) is 0 Å². The molecule has 1 saturated heterocycles. The Hall–Kier alpha value is -1.10. The van der Waals surface area contributed by atoms with E-state index in [-0.39, 0.29) is 11.8 Å². The van der Waals surface area contributed by atoms with Crippen LogP contribution in [0.2, 0.25) is 0 Å². The number of nitrogens with zero attached hydrogens (tertiary/aromatic N) is 3. The lowest BCUT2D eigenvalue weighted by atomic mass is 9.99. The minimum atomic E-state index is 0.0481. The first-order chi connectivity index (χ1) is 9.40. The van der Waals surface area contributed by atoms with Crippen molar-refractivity contribution < 1.29 is 9.59 Å². The summed E-state index contributed by atoms with van der Waals surface area (Å²) in [6.45, 7) is 7.61. The maximum absolute atomic E-state index is 12.1. The Balaban J connectivity index is 2.34. The Labute approximate surface area is 122 Å². The topological polar surface area (TPSA) is 43.9 Å². The fourth-order valence-corrected chi connectivity index (χ4v) is 2.39. The van der Waals surface area contributed by atoms with Crippen molar-refractivity contribution in [3.63, 3.8) is 0 Å². The van der Waals surface area contributed by atoms with Crippen molar-refractivity contribution >= 4 is 11.8 Å². The number of likely N-dealkylation sites (tertiary alicyclic amines) is 1. The third kappa shape index (κ3) is 5.90. The van der Waals surface area contributed by atoms with Crippen LogP contribution in [0.5, 0.6) is 0 Å². The summed E-state index contributed by atoms with van der Waals surface area (Å²) in [6.07, 6.45) is 2.65. The minimum absolute atomic E-state index is 0.0481. The number of likely N-dealkylation sites (N-methyl/N-ethyl adjacent to an activating group) is 1. The summed E-state index contributed by atoms with van der Waals surface area (Å²) < 4.78 is 0. The summed E-state index contributed by atoms with van der Waals surface area (Å²) in [5, 5.41) is 0. The minimum Gasteiger partial charge on any atom is -0.343 e. The van der Waals surface area contributed by atoms with Crippen LogP contribution in [0.4, 0.5) is 0 Å². The highest BCUT2D eigenvalue weighted by Crippen LogP contribution is 2.16. The van der Waals surface area contributed by atoms with Crippen molar-refractivity contribution in [2.75, 3.05) is 46.8 Å². The molecule has 0 radical (unpaired) electrons. The smallest absolute Gasteiger partial charge is 0.224 e. The normalized spacial score (nSPS) is 16.6. The molecular weight excluding hydrogens is 254 g/mol. The molecule has 5 heteroatoms. The van der Waals surface area contributed by atoms with Crippen LogP contribution in [-0.4, -0.2) is 73.3 Å². The number of hydrogen-bond donors (Lipinski definition) is 0. The number of hydrogen-bond acceptors (Lipinski definition) is 3. The van der Waals surface area contributed by atoms with Gasteiger partial charge in [-0.2, -0.15) is 0 Å². The molecule has 0 N–H and O–H groups in total. The van der Waals surface area contributed by atoms with Crippen LogP contribution < -0.4 is 0 Å². The Morgan fingerprint density at radius 3 is 2.20 bits per heavy atom. The third-order valence-electron chi connectivity index (χ3n) is 3.99. The van der Waals surface area contributed by atoms with Gasteiger partial charge in [0.05, 0.1) is 0 Å². The standard InChI is InChI=1S/C15H29N3O2/c1-13-5-8-18(9-6-13)15(20)7-10-17(14(2)19)12-11-16(3)4/h13H,5-12H2,1-4H3. The van der Waals surface area contributed by atoms with Crippen molar-refractivity contribution in [2.24, 2.45) is 5.92 Å². The van der Waals surface area contributed by atoms with Crippen LogP contribution in [0.15, 0.2) is 0 Å². The van der Waals surface area contributed by atoms with Gasteiger partial charge in [-0.1, -0.05) is 6.92 Å². The van der Waals surface area contributed by atoms with E-state index in [1.54, 1.807) is 11.8 Å². The highest BCUT2D eigenvalue weighted by molar-refractivity contribution is 5.78. The number of piperidine rings is 1. The van der Waals surface area contributed by atoms with E-state index in [0.717, 1.165) is 38.4 Å². The van der Waals surface area contributed by atoms with Crippen molar-refractivity contribution in [1.82, 2.24) is 14.7 Å². The molecule has 0 aromatic rings. The molecule has 0 aromatic carbocycles. The maximum atomic E-state index is 12.1. The molecule has 20 heavy (non-hydrogen) atoms. The molecule has 0 atom stereocenters. The lowest BCUT2D eigenvalue weighted by molar-refractivity contribution is -0.134. The molecule has 0 bridgehead atoms. The van der Waals surface area contributed by atoms with Gasteiger partial charge in [-0.3, -0.25) is 9.59 Å². The van der Waals surface area contributed by atoms with Crippen molar-refractivity contribution in [3.8, 4) is 0 Å². The van der Waals surface area contributed by atoms with Crippen LogP contribution in [0.3, 0.4) is 0 Å². The Bertz CT molecular complexity index is 323. The lowest BCUT2D eigenvalue weighted by Crippen LogP contribution is -2.41.